The van der Waals surface area contributed by atoms with Crippen molar-refractivity contribution in [1.29, 1.82) is 0 Å². The van der Waals surface area contributed by atoms with Crippen molar-refractivity contribution in [3.05, 3.63) is 60.2 Å². The Morgan fingerprint density at radius 2 is 1.58 bits per heavy atom. The molecule has 0 saturated carbocycles. The van der Waals surface area contributed by atoms with Gasteiger partial charge in [-0.15, -0.1) is 0 Å². The van der Waals surface area contributed by atoms with Crippen LogP contribution in [0.15, 0.2) is 54.6 Å². The molecule has 2 rings (SSSR count). The van der Waals surface area contributed by atoms with Gasteiger partial charge < -0.3 is 40.0 Å². The molecule has 0 fully saturated rings. The van der Waals surface area contributed by atoms with E-state index in [-0.39, 0.29) is 23.0 Å². The van der Waals surface area contributed by atoms with Gasteiger partial charge in [-0.3, -0.25) is 4.79 Å². The molecule has 0 atom stereocenters. The van der Waals surface area contributed by atoms with Gasteiger partial charge in [0.1, 0.15) is 6.61 Å². The van der Waals surface area contributed by atoms with Crippen LogP contribution in [0, 0.1) is 0 Å². The van der Waals surface area contributed by atoms with Crippen LogP contribution in [0.1, 0.15) is 10.4 Å². The quantitative estimate of drug-likeness (QED) is 0.494. The number of carbonyl (C=O) groups excluding carboxylic acids is 1. The second-order valence-corrected chi connectivity index (χ2v) is 4.08. The molecule has 0 aromatic heterocycles. The summed E-state index contributed by atoms with van der Waals surface area (Å²) in [7, 11) is 3.88. The summed E-state index contributed by atoms with van der Waals surface area (Å²) in [5.41, 5.74) is 0.624. The van der Waals surface area contributed by atoms with Gasteiger partial charge in [-0.05, 0) is 14.1 Å². The minimum absolute atomic E-state index is 0. The zero-order chi connectivity index (χ0) is 13.2. The fourth-order valence-electron chi connectivity index (χ4n) is 1.24. The van der Waals surface area contributed by atoms with Crippen LogP contribution in [0.4, 0.5) is 0 Å². The third-order valence-corrected chi connectivity index (χ3v) is 2.23. The summed E-state index contributed by atoms with van der Waals surface area (Å²) in [5.74, 6) is -0.244. The fourth-order valence-corrected chi connectivity index (χ4v) is 1.24. The van der Waals surface area contributed by atoms with E-state index in [9.17, 15) is 4.79 Å². The second-order valence-electron chi connectivity index (χ2n) is 4.08. The first-order valence-corrected chi connectivity index (χ1v) is 5.90. The van der Waals surface area contributed by atoms with Crippen molar-refractivity contribution in [3.8, 4) is 0 Å². The fraction of sp³-hybridized carbons (Fsp3) is 0.267. The average Bonchev–Trinajstić information content (AvgIpc) is 3.05. The van der Waals surface area contributed by atoms with Gasteiger partial charge in [0, 0.05) is 23.6 Å². The Morgan fingerprint density at radius 3 is 2.00 bits per heavy atom. The molecule has 19 heavy (non-hydrogen) atoms. The van der Waals surface area contributed by atoms with E-state index in [0.29, 0.717) is 12.2 Å². The summed E-state index contributed by atoms with van der Waals surface area (Å²) in [4.78, 5) is 13.2. The van der Waals surface area contributed by atoms with Gasteiger partial charge in [-0.1, -0.05) is 5.56 Å². The number of nitrogens with zero attached hydrogens (tertiary/aromatic N) is 1. The molecule has 0 aliphatic carbocycles. The summed E-state index contributed by atoms with van der Waals surface area (Å²) >= 11 is 0. The van der Waals surface area contributed by atoms with Gasteiger partial charge in [0.25, 0.3) is 5.97 Å². The molecule has 0 saturated heterocycles. The van der Waals surface area contributed by atoms with E-state index in [1.165, 1.54) is 0 Å². The second kappa shape index (κ2) is 10.6. The first kappa shape index (κ1) is 17.6. The van der Waals surface area contributed by atoms with Crippen LogP contribution in [-0.4, -0.2) is 38.1 Å². The van der Waals surface area contributed by atoms with Crippen LogP contribution in [0.5, 0.6) is 0 Å². The van der Waals surface area contributed by atoms with Crippen molar-refractivity contribution in [2.75, 3.05) is 27.2 Å². The van der Waals surface area contributed by atoms with Crippen LogP contribution in [0.25, 0.3) is 0 Å². The molecule has 0 aliphatic heterocycles. The summed E-state index contributed by atoms with van der Waals surface area (Å²) in [5, 5.41) is 0. The van der Waals surface area contributed by atoms with Crippen molar-refractivity contribution in [1.82, 2.24) is 4.90 Å². The number of hydrogen-bond acceptors (Lipinski definition) is 3. The Kier molecular flexibility index (Phi) is 9.81. The van der Waals surface area contributed by atoms with Crippen molar-refractivity contribution in [3.63, 3.8) is 0 Å². The molecule has 0 amide bonds. The molecule has 2 aromatic rings. The molecule has 4 heteroatoms. The molecular formula is C15H19FeNO2-6. The van der Waals surface area contributed by atoms with Crippen molar-refractivity contribution in [2.24, 2.45) is 0 Å². The third kappa shape index (κ3) is 8.38. The zero-order valence-electron chi connectivity index (χ0n) is 11.2. The number of esters is 1. The Balaban J connectivity index is 0.000000454. The summed E-state index contributed by atoms with van der Waals surface area (Å²) < 4.78 is 5.02. The van der Waals surface area contributed by atoms with Gasteiger partial charge >= 0.3 is 0 Å². The Labute approximate surface area is 125 Å². The predicted molar refractivity (Wildman–Crippen MR) is 72.9 cm³/mol. The maximum Gasteiger partial charge on any atom is 0.281 e. The molecule has 3 nitrogen and oxygen atoms in total. The molecule has 0 heterocycles. The minimum atomic E-state index is -0.244. The van der Waals surface area contributed by atoms with Crippen molar-refractivity contribution in [2.45, 2.75) is 0 Å². The average molecular weight is 301 g/mol. The number of likely N-dealkylation sites (N-methyl/N-ethyl adjacent to an activating group) is 1. The first-order valence-electron chi connectivity index (χ1n) is 5.90. The largest absolute Gasteiger partial charge is 0.748 e. The molecular weight excluding hydrogens is 282 g/mol. The van der Waals surface area contributed by atoms with Gasteiger partial charge in [0.15, 0.2) is 0 Å². The number of hydrogen-bond donors (Lipinski definition) is 0. The molecule has 0 aliphatic rings. The Bertz CT molecular complexity index is 390. The zero-order valence-corrected chi connectivity index (χ0v) is 12.3. The smallest absolute Gasteiger partial charge is 0.281 e. The number of ether oxygens (including phenoxy) is 1. The SMILES string of the molecule is CN(C)CCOC(=O)[c-]1cccc1.[Fe].[cH-]1[cH-][cH-][cH-][cH-]1. The van der Waals surface area contributed by atoms with Crippen LogP contribution in [0.3, 0.4) is 0 Å². The van der Waals surface area contributed by atoms with E-state index < -0.39 is 0 Å². The normalized spacial score (nSPS) is 9.21. The molecule has 110 valence electrons. The van der Waals surface area contributed by atoms with E-state index in [4.69, 9.17) is 4.74 Å². The molecule has 0 N–H and O–H groups in total. The molecule has 0 unspecified atom stereocenters. The van der Waals surface area contributed by atoms with E-state index in [1.54, 1.807) is 12.1 Å². The maximum atomic E-state index is 11.2. The number of carbonyl (C=O) groups is 1. The Morgan fingerprint density at radius 1 is 1.11 bits per heavy atom. The molecule has 0 bridgehead atoms. The van der Waals surface area contributed by atoms with Crippen LogP contribution < -0.4 is 0 Å². The third-order valence-electron chi connectivity index (χ3n) is 2.23. The van der Waals surface area contributed by atoms with Gasteiger partial charge in [0.2, 0.25) is 0 Å². The van der Waals surface area contributed by atoms with Crippen molar-refractivity contribution >= 4 is 5.97 Å². The minimum Gasteiger partial charge on any atom is -0.748 e. The van der Waals surface area contributed by atoms with E-state index in [2.05, 4.69) is 0 Å². The molecule has 2 aromatic carbocycles. The first-order chi connectivity index (χ1) is 8.70. The molecule has 0 spiro atoms. The van der Waals surface area contributed by atoms with Crippen molar-refractivity contribution < 1.29 is 26.6 Å². The van der Waals surface area contributed by atoms with Gasteiger partial charge in [0.05, 0.1) is 0 Å². The van der Waals surface area contributed by atoms with Crippen LogP contribution in [0.2, 0.25) is 0 Å². The monoisotopic (exact) mass is 301 g/mol. The van der Waals surface area contributed by atoms with Crippen LogP contribution >= 0.6 is 0 Å². The summed E-state index contributed by atoms with van der Waals surface area (Å²) in [6, 6.07) is 17.1. The topological polar surface area (TPSA) is 29.5 Å². The molecule has 0 radical (unpaired) electrons. The summed E-state index contributed by atoms with van der Waals surface area (Å²) in [6.45, 7) is 1.20. The van der Waals surface area contributed by atoms with Gasteiger partial charge in [-0.25, -0.2) is 12.1 Å². The predicted octanol–water partition coefficient (Wildman–Crippen LogP) is 2.53. The number of rotatable bonds is 4. The van der Waals surface area contributed by atoms with Crippen LogP contribution in [-0.2, 0) is 21.8 Å². The Hall–Kier alpha value is -1.35. The maximum absolute atomic E-state index is 11.2. The van der Waals surface area contributed by atoms with E-state index >= 15 is 0 Å². The summed E-state index contributed by atoms with van der Waals surface area (Å²) in [6.07, 6.45) is 0. The van der Waals surface area contributed by atoms with Gasteiger partial charge in [-0.2, -0.15) is 12.1 Å². The standard InChI is InChI=1S/C10H14NO2.C5H5.Fe/c1-11(2)7-8-13-10(12)9-5-3-4-6-9;1-2-4-5-3-1;/h3-6H,7-8H2,1-2H3;1-5H;/q-1;-5;. The van der Waals surface area contributed by atoms with E-state index in [1.807, 2.05) is 61.5 Å². The van der Waals surface area contributed by atoms with E-state index in [0.717, 1.165) is 6.54 Å².